The molecule has 0 N–H and O–H groups in total. The molecule has 0 aromatic heterocycles. The van der Waals surface area contributed by atoms with Crippen LogP contribution in [0.25, 0.3) is 0 Å². The second-order valence-electron chi connectivity index (χ2n) is 3.79. The van der Waals surface area contributed by atoms with Crippen LogP contribution in [0.3, 0.4) is 0 Å². The van der Waals surface area contributed by atoms with Crippen LogP contribution in [0.2, 0.25) is 0 Å². The lowest BCUT2D eigenvalue weighted by atomic mass is 10.2. The number of rotatable bonds is 2. The topological polar surface area (TPSA) is 33.0 Å². The lowest BCUT2D eigenvalue weighted by Crippen LogP contribution is -1.92. The second-order valence-corrected chi connectivity index (χ2v) is 4.70. The van der Waals surface area contributed by atoms with Crippen molar-refractivity contribution in [2.24, 2.45) is 0 Å². The predicted octanol–water partition coefficient (Wildman–Crippen LogP) is 4.56. The summed E-state index contributed by atoms with van der Waals surface area (Å²) in [5, 5.41) is 9.00. The Hall–Kier alpha value is -1.86. The fourth-order valence-electron chi connectivity index (χ4n) is 1.49. The van der Waals surface area contributed by atoms with Gasteiger partial charge in [0, 0.05) is 4.47 Å². The summed E-state index contributed by atoms with van der Waals surface area (Å²) in [6, 6.07) is 11.6. The molecule has 2 aromatic carbocycles. The van der Waals surface area contributed by atoms with Crippen LogP contribution in [-0.4, -0.2) is 0 Å². The van der Waals surface area contributed by atoms with Crippen LogP contribution in [0, 0.1) is 24.1 Å². The zero-order valence-electron chi connectivity index (χ0n) is 9.58. The van der Waals surface area contributed by atoms with Crippen LogP contribution in [0.4, 0.5) is 4.39 Å². The van der Waals surface area contributed by atoms with E-state index in [0.29, 0.717) is 11.3 Å². The van der Waals surface area contributed by atoms with E-state index in [-0.39, 0.29) is 5.75 Å². The van der Waals surface area contributed by atoms with Crippen LogP contribution in [0.5, 0.6) is 11.5 Å². The van der Waals surface area contributed by atoms with Crippen molar-refractivity contribution in [1.82, 2.24) is 0 Å². The van der Waals surface area contributed by atoms with Gasteiger partial charge in [-0.3, -0.25) is 0 Å². The highest BCUT2D eigenvalue weighted by Crippen LogP contribution is 2.29. The molecule has 0 aliphatic rings. The maximum atomic E-state index is 13.6. The third-order valence-corrected chi connectivity index (χ3v) is 2.86. The van der Waals surface area contributed by atoms with Crippen molar-refractivity contribution in [1.29, 1.82) is 5.26 Å². The van der Waals surface area contributed by atoms with Crippen LogP contribution < -0.4 is 4.74 Å². The molecule has 0 fully saturated rings. The zero-order valence-corrected chi connectivity index (χ0v) is 11.2. The first-order chi connectivity index (χ1) is 8.60. The zero-order chi connectivity index (χ0) is 13.1. The van der Waals surface area contributed by atoms with Crippen molar-refractivity contribution in [2.45, 2.75) is 6.92 Å². The van der Waals surface area contributed by atoms with Gasteiger partial charge in [-0.15, -0.1) is 0 Å². The Balaban J connectivity index is 2.40. The van der Waals surface area contributed by atoms with E-state index in [1.54, 1.807) is 30.3 Å². The quantitative estimate of drug-likeness (QED) is 0.815. The Morgan fingerprint density at radius 2 is 1.94 bits per heavy atom. The molecule has 0 aliphatic carbocycles. The molecular formula is C14H9BrFNO. The number of nitriles is 1. The molecule has 18 heavy (non-hydrogen) atoms. The van der Waals surface area contributed by atoms with Crippen molar-refractivity contribution in [3.05, 3.63) is 57.8 Å². The third kappa shape index (κ3) is 2.69. The van der Waals surface area contributed by atoms with Gasteiger partial charge in [0.25, 0.3) is 0 Å². The summed E-state index contributed by atoms with van der Waals surface area (Å²) in [6.07, 6.45) is 0. The van der Waals surface area contributed by atoms with E-state index in [1.807, 2.05) is 13.0 Å². The number of benzene rings is 2. The minimum absolute atomic E-state index is 0.119. The highest BCUT2D eigenvalue weighted by atomic mass is 79.9. The first-order valence-electron chi connectivity index (χ1n) is 5.24. The Kier molecular flexibility index (Phi) is 3.63. The van der Waals surface area contributed by atoms with E-state index in [2.05, 4.69) is 15.9 Å². The summed E-state index contributed by atoms with van der Waals surface area (Å²) >= 11 is 3.27. The lowest BCUT2D eigenvalue weighted by molar-refractivity contribution is 0.440. The maximum absolute atomic E-state index is 13.6. The van der Waals surface area contributed by atoms with Crippen molar-refractivity contribution in [3.8, 4) is 17.6 Å². The molecule has 0 spiro atoms. The minimum atomic E-state index is -0.451. The average Bonchev–Trinajstić information content (AvgIpc) is 2.36. The molecule has 0 radical (unpaired) electrons. The molecular weight excluding hydrogens is 297 g/mol. The number of halogens is 2. The van der Waals surface area contributed by atoms with Gasteiger partial charge in [-0.1, -0.05) is 22.0 Å². The van der Waals surface area contributed by atoms with E-state index >= 15 is 0 Å². The lowest BCUT2D eigenvalue weighted by Gasteiger charge is -2.09. The average molecular weight is 306 g/mol. The van der Waals surface area contributed by atoms with Gasteiger partial charge in [0.1, 0.15) is 11.8 Å². The SMILES string of the molecule is Cc1ccc(F)c(Oc2ccc(Br)cc2C#N)c1. The van der Waals surface area contributed by atoms with Crippen LogP contribution >= 0.6 is 15.9 Å². The fraction of sp³-hybridized carbons (Fsp3) is 0.0714. The normalized spacial score (nSPS) is 9.89. The van der Waals surface area contributed by atoms with Crippen molar-refractivity contribution in [2.75, 3.05) is 0 Å². The molecule has 2 aromatic rings. The molecule has 2 rings (SSSR count). The molecule has 0 heterocycles. The number of hydrogen-bond donors (Lipinski definition) is 0. The molecule has 0 atom stereocenters. The van der Waals surface area contributed by atoms with Crippen molar-refractivity contribution in [3.63, 3.8) is 0 Å². The molecule has 0 bridgehead atoms. The van der Waals surface area contributed by atoms with Gasteiger partial charge in [0.15, 0.2) is 11.6 Å². The van der Waals surface area contributed by atoms with Gasteiger partial charge in [-0.05, 0) is 42.8 Å². The Bertz CT molecular complexity index is 634. The summed E-state index contributed by atoms with van der Waals surface area (Å²) in [5.74, 6) is 0.00595. The molecule has 4 heteroatoms. The molecule has 90 valence electrons. The number of ether oxygens (including phenoxy) is 1. The van der Waals surface area contributed by atoms with Gasteiger partial charge < -0.3 is 4.74 Å². The summed E-state index contributed by atoms with van der Waals surface area (Å²) in [7, 11) is 0. The van der Waals surface area contributed by atoms with Crippen LogP contribution in [0.1, 0.15) is 11.1 Å². The van der Waals surface area contributed by atoms with Gasteiger partial charge >= 0.3 is 0 Å². The molecule has 0 aliphatic heterocycles. The second kappa shape index (κ2) is 5.19. The Morgan fingerprint density at radius 1 is 1.17 bits per heavy atom. The monoisotopic (exact) mass is 305 g/mol. The Morgan fingerprint density at radius 3 is 2.67 bits per heavy atom. The van der Waals surface area contributed by atoms with Crippen molar-refractivity contribution < 1.29 is 9.13 Å². The summed E-state index contributed by atoms with van der Waals surface area (Å²) in [6.45, 7) is 1.85. The number of hydrogen-bond acceptors (Lipinski definition) is 2. The minimum Gasteiger partial charge on any atom is -0.453 e. The van der Waals surface area contributed by atoms with Gasteiger partial charge in [0.05, 0.1) is 5.56 Å². The first-order valence-corrected chi connectivity index (χ1v) is 6.03. The van der Waals surface area contributed by atoms with Gasteiger partial charge in [-0.2, -0.15) is 5.26 Å². The molecule has 0 amide bonds. The smallest absolute Gasteiger partial charge is 0.165 e. The molecule has 0 saturated carbocycles. The first kappa shape index (κ1) is 12.6. The number of aryl methyl sites for hydroxylation is 1. The van der Waals surface area contributed by atoms with E-state index in [1.165, 1.54) is 6.07 Å². The third-order valence-electron chi connectivity index (χ3n) is 2.37. The summed E-state index contributed by atoms with van der Waals surface area (Å²) in [5.41, 5.74) is 1.24. The predicted molar refractivity (Wildman–Crippen MR) is 70.1 cm³/mol. The van der Waals surface area contributed by atoms with E-state index in [9.17, 15) is 4.39 Å². The Labute approximate surface area is 113 Å². The maximum Gasteiger partial charge on any atom is 0.165 e. The molecule has 0 saturated heterocycles. The van der Waals surface area contributed by atoms with Crippen LogP contribution in [0.15, 0.2) is 40.9 Å². The van der Waals surface area contributed by atoms with E-state index in [0.717, 1.165) is 10.0 Å². The molecule has 0 unspecified atom stereocenters. The summed E-state index contributed by atoms with van der Waals surface area (Å²) < 4.78 is 19.8. The number of nitrogens with zero attached hydrogens (tertiary/aromatic N) is 1. The van der Waals surface area contributed by atoms with Gasteiger partial charge in [-0.25, -0.2) is 4.39 Å². The highest BCUT2D eigenvalue weighted by Gasteiger charge is 2.09. The van der Waals surface area contributed by atoms with E-state index < -0.39 is 5.82 Å². The standard InChI is InChI=1S/C14H9BrFNO/c1-9-2-4-12(16)14(6-9)18-13-5-3-11(15)7-10(13)8-17/h2-7H,1H3. The largest absolute Gasteiger partial charge is 0.453 e. The van der Waals surface area contributed by atoms with E-state index in [4.69, 9.17) is 10.00 Å². The molecule has 2 nitrogen and oxygen atoms in total. The highest BCUT2D eigenvalue weighted by molar-refractivity contribution is 9.10. The van der Waals surface area contributed by atoms with Gasteiger partial charge in [0.2, 0.25) is 0 Å². The summed E-state index contributed by atoms with van der Waals surface area (Å²) in [4.78, 5) is 0. The fourth-order valence-corrected chi connectivity index (χ4v) is 1.85. The van der Waals surface area contributed by atoms with Crippen molar-refractivity contribution >= 4 is 15.9 Å². The van der Waals surface area contributed by atoms with Crippen LogP contribution in [-0.2, 0) is 0 Å².